The summed E-state index contributed by atoms with van der Waals surface area (Å²) in [7, 11) is -2.73. The van der Waals surface area contributed by atoms with Crippen LogP contribution in [0.25, 0.3) is 0 Å². The molecule has 1 N–H and O–H groups in total. The van der Waals surface area contributed by atoms with Crippen LogP contribution in [0, 0.1) is 6.92 Å². The molecule has 0 bridgehead atoms. The van der Waals surface area contributed by atoms with Crippen LogP contribution in [-0.4, -0.2) is 50.9 Å². The minimum absolute atomic E-state index is 0.00490. The molecule has 0 heterocycles. The van der Waals surface area contributed by atoms with E-state index in [-0.39, 0.29) is 45.5 Å². The maximum Gasteiger partial charge on any atom is 0.264 e. The molecule has 4 aromatic rings. The smallest absolute Gasteiger partial charge is 0.264 e. The largest absolute Gasteiger partial charge is 0.497 e. The first-order valence-corrected chi connectivity index (χ1v) is 16.9. The predicted octanol–water partition coefficient (Wildman–Crippen LogP) is 6.67. The molecule has 0 unspecified atom stereocenters. The van der Waals surface area contributed by atoms with Crippen molar-refractivity contribution in [1.82, 2.24) is 10.2 Å². The van der Waals surface area contributed by atoms with E-state index in [1.165, 1.54) is 35.2 Å². The molecule has 1 atom stereocenters. The van der Waals surface area contributed by atoms with E-state index in [0.29, 0.717) is 11.3 Å². The van der Waals surface area contributed by atoms with Crippen LogP contribution in [-0.2, 0) is 32.6 Å². The van der Waals surface area contributed by atoms with E-state index >= 15 is 0 Å². The number of methoxy groups -OCH3 is 1. The molecule has 0 saturated carbocycles. The van der Waals surface area contributed by atoms with Gasteiger partial charge in [-0.25, -0.2) is 8.42 Å². The summed E-state index contributed by atoms with van der Waals surface area (Å²) in [4.78, 5) is 29.8. The molecule has 2 amide bonds. The Bertz CT molecular complexity index is 1770. The zero-order valence-corrected chi connectivity index (χ0v) is 28.4. The molecule has 4 rings (SSSR count). The highest BCUT2D eigenvalue weighted by molar-refractivity contribution is 7.92. The number of rotatable bonds is 13. The lowest BCUT2D eigenvalue weighted by Crippen LogP contribution is -2.54. The number of hydrogen-bond donors (Lipinski definition) is 1. The highest BCUT2D eigenvalue weighted by atomic mass is 35.5. The Morgan fingerprint density at radius 3 is 2.15 bits per heavy atom. The van der Waals surface area contributed by atoms with Crippen LogP contribution in [0.5, 0.6) is 5.75 Å². The fourth-order valence-corrected chi connectivity index (χ4v) is 6.61. The second-order valence-electron chi connectivity index (χ2n) is 11.2. The van der Waals surface area contributed by atoms with Gasteiger partial charge in [0, 0.05) is 19.0 Å². The number of amides is 2. The molecule has 242 valence electrons. The van der Waals surface area contributed by atoms with Gasteiger partial charge in [0.05, 0.1) is 27.7 Å². The second kappa shape index (κ2) is 15.5. The first-order valence-electron chi connectivity index (χ1n) is 14.7. The van der Waals surface area contributed by atoms with Crippen LogP contribution in [0.4, 0.5) is 5.69 Å². The topological polar surface area (TPSA) is 96.0 Å². The summed E-state index contributed by atoms with van der Waals surface area (Å²) >= 11 is 12.5. The molecule has 0 radical (unpaired) electrons. The van der Waals surface area contributed by atoms with E-state index in [1.54, 1.807) is 37.4 Å². The zero-order chi connectivity index (χ0) is 33.4. The van der Waals surface area contributed by atoms with Gasteiger partial charge in [-0.2, -0.15) is 0 Å². The average molecular weight is 683 g/mol. The number of carbonyl (C=O) groups excluding carboxylic acids is 2. The molecular weight excluding hydrogens is 645 g/mol. The van der Waals surface area contributed by atoms with Crippen LogP contribution in [0.1, 0.15) is 30.5 Å². The summed E-state index contributed by atoms with van der Waals surface area (Å²) in [5, 5.41) is 3.31. The maximum atomic E-state index is 14.5. The lowest BCUT2D eigenvalue weighted by Gasteiger charge is -2.34. The third-order valence-corrected chi connectivity index (χ3v) is 9.80. The monoisotopic (exact) mass is 681 g/mol. The molecule has 0 aliphatic rings. The molecule has 46 heavy (non-hydrogen) atoms. The fourth-order valence-electron chi connectivity index (χ4n) is 4.91. The van der Waals surface area contributed by atoms with Crippen molar-refractivity contribution in [2.24, 2.45) is 0 Å². The number of benzene rings is 4. The van der Waals surface area contributed by atoms with Crippen LogP contribution in [0.2, 0.25) is 10.0 Å². The summed E-state index contributed by atoms with van der Waals surface area (Å²) < 4.78 is 34.7. The number of ether oxygens (including phenoxy) is 1. The van der Waals surface area contributed by atoms with Crippen molar-refractivity contribution < 1.29 is 22.7 Å². The third kappa shape index (κ3) is 8.81. The van der Waals surface area contributed by atoms with Gasteiger partial charge in [0.15, 0.2) is 0 Å². The van der Waals surface area contributed by atoms with E-state index in [0.717, 1.165) is 15.4 Å². The Labute approximate surface area is 280 Å². The van der Waals surface area contributed by atoms with Crippen LogP contribution >= 0.6 is 23.2 Å². The molecule has 0 spiro atoms. The number of nitrogens with one attached hydrogen (secondary N) is 1. The number of hydrogen-bond acceptors (Lipinski definition) is 5. The summed E-state index contributed by atoms with van der Waals surface area (Å²) in [5.74, 6) is -0.377. The van der Waals surface area contributed by atoms with Gasteiger partial charge in [0.1, 0.15) is 18.3 Å². The van der Waals surface area contributed by atoms with Crippen molar-refractivity contribution in [1.29, 1.82) is 0 Å². The number of aryl methyl sites for hydroxylation is 1. The summed E-state index contributed by atoms with van der Waals surface area (Å²) in [5.41, 5.74) is 2.56. The van der Waals surface area contributed by atoms with Crippen LogP contribution in [0.15, 0.2) is 102 Å². The quantitative estimate of drug-likeness (QED) is 0.170. The van der Waals surface area contributed by atoms with Crippen molar-refractivity contribution >= 4 is 50.7 Å². The number of anilines is 1. The molecule has 11 heteroatoms. The van der Waals surface area contributed by atoms with E-state index in [2.05, 4.69) is 5.32 Å². The third-order valence-electron chi connectivity index (χ3n) is 7.27. The lowest BCUT2D eigenvalue weighted by atomic mass is 10.0. The number of sulfonamides is 1. The van der Waals surface area contributed by atoms with E-state index in [9.17, 15) is 18.0 Å². The number of nitrogens with zero attached hydrogens (tertiary/aromatic N) is 2. The van der Waals surface area contributed by atoms with Gasteiger partial charge in [-0.05, 0) is 74.4 Å². The molecular formula is C35H37Cl2N3O5S. The van der Waals surface area contributed by atoms with Gasteiger partial charge >= 0.3 is 0 Å². The van der Waals surface area contributed by atoms with Crippen molar-refractivity contribution in [3.05, 3.63) is 124 Å². The Kier molecular flexibility index (Phi) is 11.7. The fraction of sp³-hybridized carbons (Fsp3) is 0.257. The van der Waals surface area contributed by atoms with Crippen molar-refractivity contribution in [2.75, 3.05) is 18.0 Å². The molecule has 0 aliphatic carbocycles. The van der Waals surface area contributed by atoms with Crippen LogP contribution in [0.3, 0.4) is 0 Å². The highest BCUT2D eigenvalue weighted by Gasteiger charge is 2.35. The summed E-state index contributed by atoms with van der Waals surface area (Å²) in [6.45, 7) is 4.93. The summed E-state index contributed by atoms with van der Waals surface area (Å²) in [6, 6.07) is 26.1. The van der Waals surface area contributed by atoms with Crippen molar-refractivity contribution in [2.45, 2.75) is 50.7 Å². The SMILES string of the molecule is COc1cccc(CN(C(=O)CN(c2ccc(Cl)c(Cl)c2)S(=O)(=O)c2ccc(C)cc2)[C@H](Cc2ccccc2)C(=O)NC(C)C)c1. The zero-order valence-electron chi connectivity index (χ0n) is 26.1. The minimum atomic E-state index is -4.27. The van der Waals surface area contributed by atoms with E-state index < -0.39 is 28.5 Å². The molecule has 0 aliphatic heterocycles. The average Bonchev–Trinajstić information content (AvgIpc) is 3.03. The van der Waals surface area contributed by atoms with Gasteiger partial charge < -0.3 is 15.0 Å². The van der Waals surface area contributed by atoms with Gasteiger partial charge in [-0.1, -0.05) is 83.4 Å². The normalized spacial score (nSPS) is 12.0. The number of halogens is 2. The Morgan fingerprint density at radius 2 is 1.52 bits per heavy atom. The minimum Gasteiger partial charge on any atom is -0.497 e. The molecule has 8 nitrogen and oxygen atoms in total. The lowest BCUT2D eigenvalue weighted by molar-refractivity contribution is -0.140. The van der Waals surface area contributed by atoms with Gasteiger partial charge in [0.2, 0.25) is 11.8 Å². The number of carbonyl (C=O) groups is 2. The second-order valence-corrected chi connectivity index (χ2v) is 13.8. The van der Waals surface area contributed by atoms with Gasteiger partial charge in [-0.15, -0.1) is 0 Å². The standard InChI is InChI=1S/C35H37Cl2N3O5S/c1-24(2)38-35(42)33(20-26-9-6-5-7-10-26)39(22-27-11-8-12-29(19-27)45-4)34(41)23-40(28-15-18-31(36)32(37)21-28)46(43,44)30-16-13-25(3)14-17-30/h5-19,21,24,33H,20,22-23H2,1-4H3,(H,38,42)/t33-/m1/s1. The predicted molar refractivity (Wildman–Crippen MR) is 183 cm³/mol. The highest BCUT2D eigenvalue weighted by Crippen LogP contribution is 2.31. The maximum absolute atomic E-state index is 14.5. The van der Waals surface area contributed by atoms with Crippen molar-refractivity contribution in [3.8, 4) is 5.75 Å². The Morgan fingerprint density at radius 1 is 0.848 bits per heavy atom. The first-order chi connectivity index (χ1) is 21.9. The molecule has 0 saturated heterocycles. The Hall–Kier alpha value is -4.05. The van der Waals surface area contributed by atoms with Gasteiger partial charge in [-0.3, -0.25) is 13.9 Å². The Balaban J connectivity index is 1.83. The summed E-state index contributed by atoms with van der Waals surface area (Å²) in [6.07, 6.45) is 0.201. The van der Waals surface area contributed by atoms with Gasteiger partial charge in [0.25, 0.3) is 10.0 Å². The van der Waals surface area contributed by atoms with E-state index in [4.69, 9.17) is 27.9 Å². The van der Waals surface area contributed by atoms with Crippen LogP contribution < -0.4 is 14.4 Å². The van der Waals surface area contributed by atoms with Crippen molar-refractivity contribution in [3.63, 3.8) is 0 Å². The first kappa shape index (κ1) is 34.8. The molecule has 0 fully saturated rings. The van der Waals surface area contributed by atoms with E-state index in [1.807, 2.05) is 57.2 Å². The molecule has 0 aromatic heterocycles. The molecule has 4 aromatic carbocycles.